The molecule has 0 aliphatic carbocycles. The average Bonchev–Trinajstić information content (AvgIpc) is 1.89. The van der Waals surface area contributed by atoms with E-state index in [1.54, 1.807) is 0 Å². The van der Waals surface area contributed by atoms with Gasteiger partial charge in [-0.2, -0.15) is 0 Å². The molecule has 1 atom stereocenters. The van der Waals surface area contributed by atoms with Crippen molar-refractivity contribution in [3.8, 4) is 0 Å². The Hall–Kier alpha value is 0.200. The van der Waals surface area contributed by atoms with Crippen LogP contribution in [0.15, 0.2) is 4.99 Å². The minimum atomic E-state index is 0.569. The fraction of sp³-hybridized carbons (Fsp3) is 0.833. The van der Waals surface area contributed by atoms with E-state index >= 15 is 0 Å². The highest BCUT2D eigenvalue weighted by Gasteiger charge is 2.14. The summed E-state index contributed by atoms with van der Waals surface area (Å²) in [6.07, 6.45) is 2.45. The fourth-order valence-corrected chi connectivity index (χ4v) is 1.87. The van der Waals surface area contributed by atoms with Gasteiger partial charge in [0.2, 0.25) is 0 Å². The molecule has 1 heterocycles. The molecule has 2 nitrogen and oxygen atoms in total. The number of hydrogen-bond acceptors (Lipinski definition) is 2. The second-order valence-electron chi connectivity index (χ2n) is 2.30. The van der Waals surface area contributed by atoms with Crippen molar-refractivity contribution in [1.82, 2.24) is 0 Å². The summed E-state index contributed by atoms with van der Waals surface area (Å²) in [6, 6.07) is 0. The van der Waals surface area contributed by atoms with Crippen LogP contribution >= 0.6 is 22.6 Å². The van der Waals surface area contributed by atoms with Crippen molar-refractivity contribution >= 4 is 28.4 Å². The number of aliphatic imine (C=N–C) groups is 1. The summed E-state index contributed by atoms with van der Waals surface area (Å²) < 4.78 is 1.12. The van der Waals surface area contributed by atoms with E-state index < -0.39 is 0 Å². The highest BCUT2D eigenvalue weighted by Crippen LogP contribution is 2.14. The Bertz CT molecular complexity index is 122. The lowest BCUT2D eigenvalue weighted by Crippen LogP contribution is -2.28. The van der Waals surface area contributed by atoms with Gasteiger partial charge >= 0.3 is 0 Å². The van der Waals surface area contributed by atoms with Crippen LogP contribution < -0.4 is 5.73 Å². The second-order valence-corrected chi connectivity index (χ2v) is 3.18. The lowest BCUT2D eigenvalue weighted by Gasteiger charge is -2.16. The Morgan fingerprint density at radius 1 is 1.78 bits per heavy atom. The lowest BCUT2D eigenvalue weighted by atomic mass is 10.0. The molecule has 52 valence electrons. The molecule has 0 spiro atoms. The van der Waals surface area contributed by atoms with E-state index in [1.165, 1.54) is 12.8 Å². The van der Waals surface area contributed by atoms with E-state index in [9.17, 15) is 0 Å². The van der Waals surface area contributed by atoms with Crippen LogP contribution in [0, 0.1) is 5.92 Å². The van der Waals surface area contributed by atoms with E-state index in [-0.39, 0.29) is 0 Å². The molecule has 0 aromatic heterocycles. The third-order valence-electron chi connectivity index (χ3n) is 1.61. The maximum absolute atomic E-state index is 5.63. The van der Waals surface area contributed by atoms with Gasteiger partial charge in [-0.1, -0.05) is 22.6 Å². The Balaban J connectivity index is 2.50. The molecule has 2 N–H and O–H groups in total. The molecule has 1 unspecified atom stereocenters. The van der Waals surface area contributed by atoms with Crippen molar-refractivity contribution in [2.24, 2.45) is 16.6 Å². The zero-order valence-electron chi connectivity index (χ0n) is 5.31. The molecule has 3 heteroatoms. The van der Waals surface area contributed by atoms with Crippen LogP contribution in [0.25, 0.3) is 0 Å². The van der Waals surface area contributed by atoms with Gasteiger partial charge in [-0.25, -0.2) is 0 Å². The zero-order chi connectivity index (χ0) is 6.69. The topological polar surface area (TPSA) is 38.4 Å². The molecule has 0 aromatic carbocycles. The minimum absolute atomic E-state index is 0.569. The number of amidine groups is 1. The molecular weight excluding hydrogens is 227 g/mol. The van der Waals surface area contributed by atoms with Gasteiger partial charge in [-0.15, -0.1) is 0 Å². The first-order valence-electron chi connectivity index (χ1n) is 3.20. The molecule has 0 amide bonds. The largest absolute Gasteiger partial charge is 0.387 e. The number of alkyl halides is 1. The van der Waals surface area contributed by atoms with Crippen LogP contribution in [-0.4, -0.2) is 16.8 Å². The first kappa shape index (κ1) is 7.31. The number of nitrogens with two attached hydrogens (primary N) is 1. The normalized spacial score (nSPS) is 27.7. The summed E-state index contributed by atoms with van der Waals surface area (Å²) in [5.74, 6) is 1.44. The Labute approximate surface area is 69.1 Å². The predicted molar refractivity (Wildman–Crippen MR) is 48.1 cm³/mol. The summed E-state index contributed by atoms with van der Waals surface area (Å²) in [6.45, 7) is 0.943. The van der Waals surface area contributed by atoms with Gasteiger partial charge in [0.05, 0.1) is 5.84 Å². The summed E-state index contributed by atoms with van der Waals surface area (Å²) in [7, 11) is 0. The van der Waals surface area contributed by atoms with Gasteiger partial charge in [-0.05, 0) is 12.8 Å². The van der Waals surface area contributed by atoms with Crippen LogP contribution in [0.4, 0.5) is 0 Å². The van der Waals surface area contributed by atoms with Crippen molar-refractivity contribution in [1.29, 1.82) is 0 Å². The van der Waals surface area contributed by atoms with E-state index in [4.69, 9.17) is 5.73 Å². The number of hydrogen-bond donors (Lipinski definition) is 1. The van der Waals surface area contributed by atoms with E-state index in [0.717, 1.165) is 16.8 Å². The fourth-order valence-electron chi connectivity index (χ4n) is 0.979. The van der Waals surface area contributed by atoms with Gasteiger partial charge < -0.3 is 5.73 Å². The minimum Gasteiger partial charge on any atom is -0.387 e. The Morgan fingerprint density at radius 2 is 2.56 bits per heavy atom. The maximum atomic E-state index is 5.63. The second kappa shape index (κ2) is 3.39. The summed E-state index contributed by atoms with van der Waals surface area (Å²) >= 11 is 2.36. The number of halogens is 1. The van der Waals surface area contributed by atoms with Gasteiger partial charge in [0.25, 0.3) is 0 Å². The summed E-state index contributed by atoms with van der Waals surface area (Å²) in [5.41, 5.74) is 5.63. The highest BCUT2D eigenvalue weighted by atomic mass is 127. The first-order valence-corrected chi connectivity index (χ1v) is 4.73. The van der Waals surface area contributed by atoms with Crippen molar-refractivity contribution in [3.63, 3.8) is 0 Å². The van der Waals surface area contributed by atoms with Gasteiger partial charge in [0.1, 0.15) is 0 Å². The van der Waals surface area contributed by atoms with Crippen LogP contribution in [0.1, 0.15) is 12.8 Å². The van der Waals surface area contributed by atoms with Crippen LogP contribution in [0.3, 0.4) is 0 Å². The molecule has 0 radical (unpaired) electrons. The third kappa shape index (κ3) is 1.81. The van der Waals surface area contributed by atoms with Crippen LogP contribution in [-0.2, 0) is 0 Å². The molecule has 1 aliphatic heterocycles. The standard InChI is InChI=1S/C6H11IN2/c7-4-5-2-1-3-9-6(5)8/h5H,1-4H2,(H2,8,9). The average molecular weight is 238 g/mol. The molecule has 9 heavy (non-hydrogen) atoms. The predicted octanol–water partition coefficient (Wildman–Crippen LogP) is 1.19. The molecular formula is C6H11IN2. The van der Waals surface area contributed by atoms with Crippen molar-refractivity contribution in [2.75, 3.05) is 11.0 Å². The van der Waals surface area contributed by atoms with Crippen LogP contribution in [0.5, 0.6) is 0 Å². The van der Waals surface area contributed by atoms with E-state index in [2.05, 4.69) is 27.6 Å². The van der Waals surface area contributed by atoms with Crippen LogP contribution in [0.2, 0.25) is 0 Å². The Morgan fingerprint density at radius 3 is 3.00 bits per heavy atom. The number of nitrogens with zero attached hydrogens (tertiary/aromatic N) is 1. The first-order chi connectivity index (χ1) is 4.34. The SMILES string of the molecule is NC1=NCCCC1CI. The van der Waals surface area contributed by atoms with Crippen molar-refractivity contribution in [3.05, 3.63) is 0 Å². The van der Waals surface area contributed by atoms with E-state index in [0.29, 0.717) is 5.92 Å². The van der Waals surface area contributed by atoms with Crippen molar-refractivity contribution in [2.45, 2.75) is 12.8 Å². The van der Waals surface area contributed by atoms with Gasteiger partial charge in [-0.3, -0.25) is 4.99 Å². The van der Waals surface area contributed by atoms with Gasteiger partial charge in [0.15, 0.2) is 0 Å². The molecule has 1 rings (SSSR count). The van der Waals surface area contributed by atoms with Crippen molar-refractivity contribution < 1.29 is 0 Å². The third-order valence-corrected chi connectivity index (χ3v) is 2.67. The zero-order valence-corrected chi connectivity index (χ0v) is 7.47. The molecule has 0 saturated heterocycles. The van der Waals surface area contributed by atoms with Gasteiger partial charge in [0, 0.05) is 16.9 Å². The Kier molecular flexibility index (Phi) is 2.75. The number of rotatable bonds is 1. The molecule has 0 saturated carbocycles. The highest BCUT2D eigenvalue weighted by molar-refractivity contribution is 14.1. The monoisotopic (exact) mass is 238 g/mol. The molecule has 0 aromatic rings. The quantitative estimate of drug-likeness (QED) is 0.540. The van der Waals surface area contributed by atoms with E-state index in [1.807, 2.05) is 0 Å². The maximum Gasteiger partial charge on any atom is 0.0976 e. The smallest absolute Gasteiger partial charge is 0.0976 e. The molecule has 0 bridgehead atoms. The molecule has 0 fully saturated rings. The lowest BCUT2D eigenvalue weighted by molar-refractivity contribution is 0.616. The molecule has 1 aliphatic rings. The summed E-state index contributed by atoms with van der Waals surface area (Å²) in [4.78, 5) is 4.17. The summed E-state index contributed by atoms with van der Waals surface area (Å²) in [5, 5.41) is 0.